The number of nitrogens with one attached hydrogen (secondary N) is 2. The predicted molar refractivity (Wildman–Crippen MR) is 123 cm³/mol. The zero-order valence-corrected chi connectivity index (χ0v) is 17.7. The molecule has 0 aliphatic rings. The SMILES string of the molecule is CCc1cccc2c([C@H](CC(=O)NCc3ccncc3)c3cccc([N+](=O)[O-])c3)c[nH]c12. The number of hydrogen-bond donors (Lipinski definition) is 2. The molecule has 0 unspecified atom stereocenters. The van der Waals surface area contributed by atoms with Crippen LogP contribution in [0.5, 0.6) is 0 Å². The Labute approximate surface area is 185 Å². The molecule has 0 aliphatic carbocycles. The first-order chi connectivity index (χ1) is 15.6. The molecule has 0 saturated carbocycles. The average molecular weight is 428 g/mol. The molecule has 2 N–H and O–H groups in total. The minimum absolute atomic E-state index is 0.0128. The number of carbonyl (C=O) groups excluding carboxylic acids is 1. The molecule has 162 valence electrons. The van der Waals surface area contributed by atoms with Gasteiger partial charge in [-0.2, -0.15) is 0 Å². The summed E-state index contributed by atoms with van der Waals surface area (Å²) in [5.41, 5.74) is 4.89. The summed E-state index contributed by atoms with van der Waals surface area (Å²) < 4.78 is 0. The maximum atomic E-state index is 12.9. The summed E-state index contributed by atoms with van der Waals surface area (Å²) in [6, 6.07) is 16.3. The number of non-ortho nitro benzene ring substituents is 1. The van der Waals surface area contributed by atoms with Crippen LogP contribution in [0.2, 0.25) is 0 Å². The number of benzene rings is 2. The van der Waals surface area contributed by atoms with Gasteiger partial charge >= 0.3 is 0 Å². The number of aryl methyl sites for hydroxylation is 1. The topological polar surface area (TPSA) is 101 Å². The number of nitro benzene ring substituents is 1. The molecule has 0 aliphatic heterocycles. The first-order valence-corrected chi connectivity index (χ1v) is 10.6. The lowest BCUT2D eigenvalue weighted by atomic mass is 9.87. The van der Waals surface area contributed by atoms with Gasteiger partial charge in [-0.3, -0.25) is 19.9 Å². The highest BCUT2D eigenvalue weighted by Gasteiger charge is 2.23. The van der Waals surface area contributed by atoms with E-state index in [4.69, 9.17) is 0 Å². The van der Waals surface area contributed by atoms with Crippen molar-refractivity contribution in [1.82, 2.24) is 15.3 Å². The van der Waals surface area contributed by atoms with E-state index in [-0.39, 0.29) is 23.9 Å². The number of carbonyl (C=O) groups is 1. The molecule has 1 amide bonds. The second-order valence-electron chi connectivity index (χ2n) is 7.68. The number of fused-ring (bicyclic) bond motifs is 1. The summed E-state index contributed by atoms with van der Waals surface area (Å²) in [7, 11) is 0. The molecule has 0 fully saturated rings. The number of H-pyrrole nitrogens is 1. The van der Waals surface area contributed by atoms with Gasteiger partial charge in [0.2, 0.25) is 5.91 Å². The average Bonchev–Trinajstić information content (AvgIpc) is 3.26. The third-order valence-electron chi connectivity index (χ3n) is 5.70. The number of nitrogens with zero attached hydrogens (tertiary/aromatic N) is 2. The van der Waals surface area contributed by atoms with Gasteiger partial charge in [-0.15, -0.1) is 0 Å². The van der Waals surface area contributed by atoms with E-state index in [2.05, 4.69) is 28.3 Å². The largest absolute Gasteiger partial charge is 0.361 e. The van der Waals surface area contributed by atoms with E-state index < -0.39 is 4.92 Å². The predicted octanol–water partition coefficient (Wildman–Crippen LogP) is 4.87. The van der Waals surface area contributed by atoms with Crippen molar-refractivity contribution in [1.29, 1.82) is 0 Å². The number of hydrogen-bond acceptors (Lipinski definition) is 4. The molecular weight excluding hydrogens is 404 g/mol. The van der Waals surface area contributed by atoms with Gasteiger partial charge in [0, 0.05) is 60.5 Å². The standard InChI is InChI=1S/C25H24N4O3/c1-2-18-5-4-8-21-23(16-28-25(18)21)22(19-6-3-7-20(13-19)29(31)32)14-24(30)27-15-17-9-11-26-12-10-17/h3-13,16,22,28H,2,14-15H2,1H3,(H,27,30)/t22-/m1/s1. The van der Waals surface area contributed by atoms with Crippen LogP contribution in [0.25, 0.3) is 10.9 Å². The van der Waals surface area contributed by atoms with E-state index in [1.54, 1.807) is 24.5 Å². The number of pyridine rings is 1. The molecule has 0 saturated heterocycles. The lowest BCUT2D eigenvalue weighted by Crippen LogP contribution is -2.25. The van der Waals surface area contributed by atoms with Gasteiger partial charge in [0.25, 0.3) is 5.69 Å². The smallest absolute Gasteiger partial charge is 0.269 e. The summed E-state index contributed by atoms with van der Waals surface area (Å²) in [5, 5.41) is 15.3. The van der Waals surface area contributed by atoms with Crippen LogP contribution in [0.4, 0.5) is 5.69 Å². The second kappa shape index (κ2) is 9.43. The Bertz CT molecular complexity index is 1250. The van der Waals surface area contributed by atoms with Gasteiger partial charge < -0.3 is 10.3 Å². The van der Waals surface area contributed by atoms with Crippen LogP contribution in [0.15, 0.2) is 73.2 Å². The van der Waals surface area contributed by atoms with Crippen molar-refractivity contribution < 1.29 is 9.72 Å². The van der Waals surface area contributed by atoms with E-state index in [0.29, 0.717) is 6.54 Å². The Morgan fingerprint density at radius 2 is 1.94 bits per heavy atom. The molecule has 7 nitrogen and oxygen atoms in total. The normalized spacial score (nSPS) is 11.9. The van der Waals surface area contributed by atoms with Gasteiger partial charge in [-0.25, -0.2) is 0 Å². The highest BCUT2D eigenvalue weighted by Crippen LogP contribution is 2.35. The van der Waals surface area contributed by atoms with Crippen molar-refractivity contribution in [3.63, 3.8) is 0 Å². The zero-order chi connectivity index (χ0) is 22.5. The van der Waals surface area contributed by atoms with Crippen LogP contribution in [0.1, 0.15) is 41.5 Å². The molecule has 1 atom stereocenters. The lowest BCUT2D eigenvalue weighted by Gasteiger charge is -2.17. The summed E-state index contributed by atoms with van der Waals surface area (Å²) in [4.78, 5) is 31.2. The Hall–Kier alpha value is -4.00. The number of aromatic amines is 1. The Balaban J connectivity index is 1.68. The molecule has 2 heterocycles. The van der Waals surface area contributed by atoms with Crippen molar-refractivity contribution >= 4 is 22.5 Å². The lowest BCUT2D eigenvalue weighted by molar-refractivity contribution is -0.384. The number of rotatable bonds is 8. The summed E-state index contributed by atoms with van der Waals surface area (Å²) in [6.45, 7) is 2.50. The Morgan fingerprint density at radius 1 is 1.16 bits per heavy atom. The van der Waals surface area contributed by atoms with E-state index >= 15 is 0 Å². The van der Waals surface area contributed by atoms with E-state index in [1.165, 1.54) is 11.6 Å². The van der Waals surface area contributed by atoms with E-state index in [9.17, 15) is 14.9 Å². The summed E-state index contributed by atoms with van der Waals surface area (Å²) >= 11 is 0. The monoisotopic (exact) mass is 428 g/mol. The van der Waals surface area contributed by atoms with Crippen molar-refractivity contribution in [3.05, 3.63) is 106 Å². The first kappa shape index (κ1) is 21.2. The van der Waals surface area contributed by atoms with Gasteiger partial charge in [0.05, 0.1) is 4.92 Å². The fourth-order valence-corrected chi connectivity index (χ4v) is 4.04. The van der Waals surface area contributed by atoms with Crippen LogP contribution in [-0.2, 0) is 17.8 Å². The fraction of sp³-hybridized carbons (Fsp3) is 0.200. The third-order valence-corrected chi connectivity index (χ3v) is 5.70. The minimum Gasteiger partial charge on any atom is -0.361 e. The second-order valence-corrected chi connectivity index (χ2v) is 7.68. The fourth-order valence-electron chi connectivity index (χ4n) is 4.04. The van der Waals surface area contributed by atoms with Crippen LogP contribution in [0, 0.1) is 10.1 Å². The maximum Gasteiger partial charge on any atom is 0.269 e. The molecule has 7 heteroatoms. The molecule has 2 aromatic heterocycles. The summed E-state index contributed by atoms with van der Waals surface area (Å²) in [5.74, 6) is -0.451. The first-order valence-electron chi connectivity index (χ1n) is 10.6. The van der Waals surface area contributed by atoms with Crippen molar-refractivity contribution in [3.8, 4) is 0 Å². The quantitative estimate of drug-likeness (QED) is 0.309. The molecule has 4 aromatic rings. The van der Waals surface area contributed by atoms with Crippen LogP contribution in [0.3, 0.4) is 0 Å². The van der Waals surface area contributed by atoms with E-state index in [0.717, 1.165) is 34.0 Å². The molecule has 32 heavy (non-hydrogen) atoms. The molecule has 2 aromatic carbocycles. The maximum absolute atomic E-state index is 12.9. The summed E-state index contributed by atoms with van der Waals surface area (Å²) in [6.07, 6.45) is 6.35. The number of nitro groups is 1. The minimum atomic E-state index is -0.408. The van der Waals surface area contributed by atoms with Crippen molar-refractivity contribution in [2.45, 2.75) is 32.2 Å². The molecule has 0 radical (unpaired) electrons. The van der Waals surface area contributed by atoms with Crippen molar-refractivity contribution in [2.24, 2.45) is 0 Å². The van der Waals surface area contributed by atoms with Gasteiger partial charge in [0.15, 0.2) is 0 Å². The number of para-hydroxylation sites is 1. The highest BCUT2D eigenvalue weighted by molar-refractivity contribution is 5.88. The molecule has 0 spiro atoms. The van der Waals surface area contributed by atoms with Crippen molar-refractivity contribution in [2.75, 3.05) is 0 Å². The Morgan fingerprint density at radius 3 is 2.69 bits per heavy atom. The highest BCUT2D eigenvalue weighted by atomic mass is 16.6. The molecular formula is C25H24N4O3. The van der Waals surface area contributed by atoms with Crippen LogP contribution in [-0.4, -0.2) is 20.8 Å². The zero-order valence-electron chi connectivity index (χ0n) is 17.7. The van der Waals surface area contributed by atoms with Gasteiger partial charge in [-0.1, -0.05) is 37.3 Å². The van der Waals surface area contributed by atoms with Crippen LogP contribution >= 0.6 is 0 Å². The Kier molecular flexibility index (Phi) is 6.26. The molecule has 0 bridgehead atoms. The van der Waals surface area contributed by atoms with Gasteiger partial charge in [-0.05, 0) is 40.8 Å². The number of amides is 1. The molecule has 4 rings (SSSR count). The van der Waals surface area contributed by atoms with Gasteiger partial charge in [0.1, 0.15) is 0 Å². The number of aromatic nitrogens is 2. The van der Waals surface area contributed by atoms with E-state index in [1.807, 2.05) is 36.5 Å². The van der Waals surface area contributed by atoms with Crippen LogP contribution < -0.4 is 5.32 Å². The third kappa shape index (κ3) is 4.51.